The SMILES string of the molecule is COc1ccc([C@H]2C3CCCCC3[C@@H]2NC(=O)CCn2nc(C)c(C)c2C)cc1OC. The van der Waals surface area contributed by atoms with E-state index >= 15 is 0 Å². The summed E-state index contributed by atoms with van der Waals surface area (Å²) in [5, 5.41) is 7.96. The summed E-state index contributed by atoms with van der Waals surface area (Å²) in [7, 11) is 3.33. The van der Waals surface area contributed by atoms with E-state index in [0.29, 0.717) is 30.7 Å². The topological polar surface area (TPSA) is 65.4 Å². The van der Waals surface area contributed by atoms with Gasteiger partial charge in [0.2, 0.25) is 5.91 Å². The Labute approximate surface area is 185 Å². The van der Waals surface area contributed by atoms with E-state index in [1.165, 1.54) is 36.8 Å². The molecule has 0 aliphatic heterocycles. The van der Waals surface area contributed by atoms with Crippen molar-refractivity contribution in [1.82, 2.24) is 15.1 Å². The highest BCUT2D eigenvalue weighted by Crippen LogP contribution is 2.55. The van der Waals surface area contributed by atoms with Gasteiger partial charge in [0.05, 0.1) is 19.9 Å². The number of fused-ring (bicyclic) bond motifs is 1. The molecule has 4 atom stereocenters. The first-order valence-corrected chi connectivity index (χ1v) is 11.5. The van der Waals surface area contributed by atoms with Crippen LogP contribution in [0.2, 0.25) is 0 Å². The molecule has 4 rings (SSSR count). The summed E-state index contributed by atoms with van der Waals surface area (Å²) in [5.41, 5.74) is 4.62. The van der Waals surface area contributed by atoms with E-state index in [9.17, 15) is 4.79 Å². The largest absolute Gasteiger partial charge is 0.493 e. The van der Waals surface area contributed by atoms with E-state index in [-0.39, 0.29) is 11.9 Å². The van der Waals surface area contributed by atoms with Crippen LogP contribution in [0.4, 0.5) is 0 Å². The number of carbonyl (C=O) groups is 1. The minimum Gasteiger partial charge on any atom is -0.493 e. The van der Waals surface area contributed by atoms with Crippen molar-refractivity contribution in [3.8, 4) is 11.5 Å². The van der Waals surface area contributed by atoms with E-state index in [1.54, 1.807) is 14.2 Å². The lowest BCUT2D eigenvalue weighted by Crippen LogP contribution is -2.59. The number of benzene rings is 1. The molecule has 31 heavy (non-hydrogen) atoms. The van der Waals surface area contributed by atoms with Crippen LogP contribution in [0.1, 0.15) is 60.5 Å². The second-order valence-electron chi connectivity index (χ2n) is 9.11. The van der Waals surface area contributed by atoms with Crippen molar-refractivity contribution in [2.75, 3.05) is 14.2 Å². The van der Waals surface area contributed by atoms with Crippen LogP contribution in [0, 0.1) is 32.6 Å². The molecule has 2 fully saturated rings. The van der Waals surface area contributed by atoms with E-state index in [1.807, 2.05) is 17.7 Å². The van der Waals surface area contributed by atoms with Gasteiger partial charge in [-0.05, 0) is 68.7 Å². The fraction of sp³-hybridized carbons (Fsp3) is 0.600. The Morgan fingerprint density at radius 2 is 1.81 bits per heavy atom. The number of methoxy groups -OCH3 is 2. The molecule has 0 spiro atoms. The number of amides is 1. The van der Waals surface area contributed by atoms with E-state index in [0.717, 1.165) is 22.9 Å². The number of ether oxygens (including phenoxy) is 2. The number of aromatic nitrogens is 2. The molecule has 6 heteroatoms. The highest BCUT2D eigenvalue weighted by Gasteiger charge is 2.51. The van der Waals surface area contributed by atoms with Crippen molar-refractivity contribution in [3.63, 3.8) is 0 Å². The molecule has 1 heterocycles. The number of nitrogens with zero attached hydrogens (tertiary/aromatic N) is 2. The van der Waals surface area contributed by atoms with Gasteiger partial charge in [-0.25, -0.2) is 0 Å². The monoisotopic (exact) mass is 425 g/mol. The van der Waals surface area contributed by atoms with Crippen molar-refractivity contribution >= 4 is 5.91 Å². The zero-order valence-electron chi connectivity index (χ0n) is 19.4. The second-order valence-corrected chi connectivity index (χ2v) is 9.11. The van der Waals surface area contributed by atoms with Crippen LogP contribution < -0.4 is 14.8 Å². The molecular formula is C25H35N3O3. The lowest BCUT2D eigenvalue weighted by atomic mass is 9.53. The Balaban J connectivity index is 1.47. The first-order chi connectivity index (χ1) is 14.9. The number of hydrogen-bond acceptors (Lipinski definition) is 4. The van der Waals surface area contributed by atoms with Gasteiger partial charge in [0.25, 0.3) is 0 Å². The summed E-state index contributed by atoms with van der Waals surface area (Å²) >= 11 is 0. The summed E-state index contributed by atoms with van der Waals surface area (Å²) in [6, 6.07) is 6.40. The first-order valence-electron chi connectivity index (χ1n) is 11.5. The van der Waals surface area contributed by atoms with Crippen LogP contribution >= 0.6 is 0 Å². The lowest BCUT2D eigenvalue weighted by molar-refractivity contribution is -0.125. The van der Waals surface area contributed by atoms with Crippen LogP contribution in [0.5, 0.6) is 11.5 Å². The molecule has 2 aliphatic rings. The maximum atomic E-state index is 12.9. The Bertz CT molecular complexity index is 952. The molecule has 2 saturated carbocycles. The van der Waals surface area contributed by atoms with Gasteiger partial charge >= 0.3 is 0 Å². The van der Waals surface area contributed by atoms with Gasteiger partial charge < -0.3 is 14.8 Å². The first kappa shape index (κ1) is 21.7. The predicted molar refractivity (Wildman–Crippen MR) is 121 cm³/mol. The Hall–Kier alpha value is -2.50. The smallest absolute Gasteiger partial charge is 0.222 e. The molecule has 0 bridgehead atoms. The van der Waals surface area contributed by atoms with Gasteiger partial charge in [0.15, 0.2) is 11.5 Å². The predicted octanol–water partition coefficient (Wildman–Crippen LogP) is 4.30. The maximum Gasteiger partial charge on any atom is 0.222 e. The fourth-order valence-corrected chi connectivity index (χ4v) is 5.65. The third-order valence-corrected chi connectivity index (χ3v) is 7.60. The molecular weight excluding hydrogens is 390 g/mol. The average Bonchev–Trinajstić information content (AvgIpc) is 3.02. The van der Waals surface area contributed by atoms with Gasteiger partial charge in [-0.1, -0.05) is 18.9 Å². The van der Waals surface area contributed by atoms with Gasteiger partial charge in [-0.2, -0.15) is 5.10 Å². The minimum atomic E-state index is 0.115. The number of aryl methyl sites for hydroxylation is 2. The third-order valence-electron chi connectivity index (χ3n) is 7.60. The normalized spacial score (nSPS) is 24.8. The second kappa shape index (κ2) is 8.93. The molecule has 1 N–H and O–H groups in total. The Morgan fingerprint density at radius 1 is 1.10 bits per heavy atom. The van der Waals surface area contributed by atoms with Crippen molar-refractivity contribution in [2.45, 2.75) is 71.4 Å². The molecule has 2 unspecified atom stereocenters. The van der Waals surface area contributed by atoms with Crippen LogP contribution in [-0.2, 0) is 11.3 Å². The quantitative estimate of drug-likeness (QED) is 0.718. The number of carbonyl (C=O) groups excluding carboxylic acids is 1. The van der Waals surface area contributed by atoms with Crippen molar-refractivity contribution in [1.29, 1.82) is 0 Å². The molecule has 0 radical (unpaired) electrons. The number of rotatable bonds is 7. The van der Waals surface area contributed by atoms with Crippen LogP contribution in [0.15, 0.2) is 18.2 Å². The number of nitrogens with one attached hydrogen (secondary N) is 1. The van der Waals surface area contributed by atoms with Gasteiger partial charge in [-0.3, -0.25) is 9.48 Å². The van der Waals surface area contributed by atoms with Gasteiger partial charge in [0.1, 0.15) is 0 Å². The molecule has 2 aromatic rings. The average molecular weight is 426 g/mol. The highest BCUT2D eigenvalue weighted by molar-refractivity contribution is 5.76. The van der Waals surface area contributed by atoms with Crippen molar-refractivity contribution < 1.29 is 14.3 Å². The Kier molecular flexibility index (Phi) is 6.26. The van der Waals surface area contributed by atoms with E-state index in [2.05, 4.69) is 36.4 Å². The zero-order chi connectivity index (χ0) is 22.1. The molecule has 1 amide bonds. The highest BCUT2D eigenvalue weighted by atomic mass is 16.5. The molecule has 1 aromatic carbocycles. The third kappa shape index (κ3) is 4.04. The molecule has 1 aromatic heterocycles. The van der Waals surface area contributed by atoms with Gasteiger partial charge in [0, 0.05) is 30.6 Å². The van der Waals surface area contributed by atoms with Gasteiger partial charge in [-0.15, -0.1) is 0 Å². The minimum absolute atomic E-state index is 0.115. The van der Waals surface area contributed by atoms with E-state index < -0.39 is 0 Å². The molecule has 168 valence electrons. The van der Waals surface area contributed by atoms with Crippen LogP contribution in [0.25, 0.3) is 0 Å². The van der Waals surface area contributed by atoms with E-state index in [4.69, 9.17) is 9.47 Å². The summed E-state index contributed by atoms with van der Waals surface area (Å²) in [4.78, 5) is 12.9. The summed E-state index contributed by atoms with van der Waals surface area (Å²) < 4.78 is 12.9. The molecule has 6 nitrogen and oxygen atoms in total. The molecule has 0 saturated heterocycles. The van der Waals surface area contributed by atoms with Crippen molar-refractivity contribution in [2.24, 2.45) is 11.8 Å². The summed E-state index contributed by atoms with van der Waals surface area (Å²) in [5.74, 6) is 3.16. The maximum absolute atomic E-state index is 12.9. The van der Waals surface area contributed by atoms with Crippen LogP contribution in [-0.4, -0.2) is 35.9 Å². The lowest BCUT2D eigenvalue weighted by Gasteiger charge is -2.55. The standard InChI is InChI=1S/C25H35N3O3/c1-15-16(2)27-28(17(15)3)13-12-23(29)26-25-20-9-7-6-8-19(20)24(25)18-10-11-21(30-4)22(14-18)31-5/h10-11,14,19-20,24-25H,6-9,12-13H2,1-5H3,(H,26,29)/t19?,20?,24-,25-/m0/s1. The van der Waals surface area contributed by atoms with Crippen molar-refractivity contribution in [3.05, 3.63) is 40.7 Å². The zero-order valence-corrected chi connectivity index (χ0v) is 19.4. The summed E-state index contributed by atoms with van der Waals surface area (Å²) in [6.45, 7) is 6.79. The Morgan fingerprint density at radius 3 is 2.45 bits per heavy atom. The fourth-order valence-electron chi connectivity index (χ4n) is 5.65. The van der Waals surface area contributed by atoms with Crippen LogP contribution in [0.3, 0.4) is 0 Å². The summed E-state index contributed by atoms with van der Waals surface area (Å²) in [6.07, 6.45) is 5.44. The molecule has 2 aliphatic carbocycles. The number of hydrogen-bond donors (Lipinski definition) is 1.